The average molecular weight is 290 g/mol. The van der Waals surface area contributed by atoms with Crippen LogP contribution in [0.1, 0.15) is 12.5 Å². The van der Waals surface area contributed by atoms with Crippen molar-refractivity contribution >= 4 is 0 Å². The molecule has 0 bridgehead atoms. The van der Waals surface area contributed by atoms with Crippen LogP contribution in [-0.4, -0.2) is 22.8 Å². The predicted molar refractivity (Wildman–Crippen MR) is 79.2 cm³/mol. The number of aryl methyl sites for hydroxylation is 1. The number of aromatic amines is 1. The second-order valence-corrected chi connectivity index (χ2v) is 4.49. The van der Waals surface area contributed by atoms with Gasteiger partial charge in [0, 0.05) is 11.8 Å². The molecular weight excluding hydrogens is 272 g/mol. The van der Waals surface area contributed by atoms with Gasteiger partial charge in [-0.2, -0.15) is 0 Å². The number of hydrogen-bond acceptors (Lipinski definition) is 4. The predicted octanol–water partition coefficient (Wildman–Crippen LogP) is 1.32. The van der Waals surface area contributed by atoms with Crippen LogP contribution < -0.4 is 20.7 Å². The highest BCUT2D eigenvalue weighted by molar-refractivity contribution is 5.39. The molecule has 6 heteroatoms. The van der Waals surface area contributed by atoms with Gasteiger partial charge in [0.2, 0.25) is 0 Å². The Labute approximate surface area is 122 Å². The molecule has 2 rings (SSSR count). The van der Waals surface area contributed by atoms with Crippen LogP contribution >= 0.6 is 0 Å². The van der Waals surface area contributed by atoms with E-state index in [0.717, 1.165) is 0 Å². The molecule has 1 aromatic carbocycles. The summed E-state index contributed by atoms with van der Waals surface area (Å²) in [5.41, 5.74) is -0.310. The number of H-pyrrole nitrogens is 1. The molecule has 2 aromatic rings. The van der Waals surface area contributed by atoms with E-state index in [4.69, 9.17) is 9.47 Å². The Morgan fingerprint density at radius 3 is 2.48 bits per heavy atom. The van der Waals surface area contributed by atoms with Crippen molar-refractivity contribution in [1.29, 1.82) is 0 Å². The third-order valence-corrected chi connectivity index (χ3v) is 2.93. The molecule has 0 radical (unpaired) electrons. The second kappa shape index (κ2) is 6.78. The van der Waals surface area contributed by atoms with Gasteiger partial charge in [0.1, 0.15) is 6.61 Å². The zero-order chi connectivity index (χ0) is 15.2. The molecule has 0 aliphatic rings. The zero-order valence-corrected chi connectivity index (χ0v) is 12.1. The number of hydrogen-bond donors (Lipinski definition) is 1. The van der Waals surface area contributed by atoms with Crippen molar-refractivity contribution in [2.75, 3.05) is 13.2 Å². The van der Waals surface area contributed by atoms with Gasteiger partial charge in [-0.15, -0.1) is 0 Å². The summed E-state index contributed by atoms with van der Waals surface area (Å²) < 4.78 is 12.5. The molecule has 0 saturated heterocycles. The minimum Gasteiger partial charge on any atom is -0.490 e. The summed E-state index contributed by atoms with van der Waals surface area (Å²) in [5, 5.41) is 0. The van der Waals surface area contributed by atoms with Crippen LogP contribution in [0.2, 0.25) is 0 Å². The lowest BCUT2D eigenvalue weighted by Crippen LogP contribution is -2.32. The largest absolute Gasteiger partial charge is 0.490 e. The monoisotopic (exact) mass is 290 g/mol. The molecule has 1 aromatic heterocycles. The first-order valence-electron chi connectivity index (χ1n) is 6.77. The SMILES string of the molecule is CCOc1ccccc1OCCn1cc(C)c(=O)[nH]c1=O. The quantitative estimate of drug-likeness (QED) is 0.871. The Kier molecular flexibility index (Phi) is 4.81. The average Bonchev–Trinajstić information content (AvgIpc) is 2.46. The Hall–Kier alpha value is -2.50. The second-order valence-electron chi connectivity index (χ2n) is 4.49. The molecule has 0 aliphatic heterocycles. The van der Waals surface area contributed by atoms with E-state index < -0.39 is 5.69 Å². The minimum atomic E-state index is -0.438. The van der Waals surface area contributed by atoms with Crippen molar-refractivity contribution in [3.05, 3.63) is 56.9 Å². The molecule has 0 spiro atoms. The highest BCUT2D eigenvalue weighted by Crippen LogP contribution is 2.26. The van der Waals surface area contributed by atoms with E-state index in [0.29, 0.717) is 36.8 Å². The van der Waals surface area contributed by atoms with Gasteiger partial charge in [-0.05, 0) is 26.0 Å². The maximum Gasteiger partial charge on any atom is 0.328 e. The van der Waals surface area contributed by atoms with Crippen molar-refractivity contribution in [2.45, 2.75) is 20.4 Å². The fourth-order valence-electron chi connectivity index (χ4n) is 1.88. The minimum absolute atomic E-state index is 0.301. The van der Waals surface area contributed by atoms with Crippen LogP contribution in [0.4, 0.5) is 0 Å². The van der Waals surface area contributed by atoms with Crippen LogP contribution in [0.3, 0.4) is 0 Å². The van der Waals surface area contributed by atoms with Crippen molar-refractivity contribution in [2.24, 2.45) is 0 Å². The normalized spacial score (nSPS) is 10.4. The molecule has 1 heterocycles. The standard InChI is InChI=1S/C15H18N2O4/c1-3-20-12-6-4-5-7-13(12)21-9-8-17-10-11(2)14(18)16-15(17)19/h4-7,10H,3,8-9H2,1-2H3,(H,16,18,19). The van der Waals surface area contributed by atoms with Gasteiger partial charge in [0.15, 0.2) is 11.5 Å². The Morgan fingerprint density at radius 1 is 1.14 bits per heavy atom. The molecule has 0 aliphatic carbocycles. The van der Waals surface area contributed by atoms with Crippen molar-refractivity contribution in [3.63, 3.8) is 0 Å². The lowest BCUT2D eigenvalue weighted by Gasteiger charge is -2.12. The number of nitrogens with zero attached hydrogens (tertiary/aromatic N) is 1. The molecule has 0 fully saturated rings. The number of rotatable bonds is 6. The molecule has 0 atom stereocenters. The Bertz CT molecular complexity index is 718. The van der Waals surface area contributed by atoms with E-state index in [9.17, 15) is 9.59 Å². The van der Waals surface area contributed by atoms with E-state index >= 15 is 0 Å². The molecule has 21 heavy (non-hydrogen) atoms. The van der Waals surface area contributed by atoms with Crippen LogP contribution in [0.15, 0.2) is 40.1 Å². The molecule has 112 valence electrons. The van der Waals surface area contributed by atoms with Crippen molar-refractivity contribution < 1.29 is 9.47 Å². The summed E-state index contributed by atoms with van der Waals surface area (Å²) in [6.45, 7) is 4.75. The summed E-state index contributed by atoms with van der Waals surface area (Å²) in [5.74, 6) is 1.30. The molecule has 1 N–H and O–H groups in total. The van der Waals surface area contributed by atoms with E-state index in [1.54, 1.807) is 6.92 Å². The summed E-state index contributed by atoms with van der Waals surface area (Å²) in [6.07, 6.45) is 1.53. The number of benzene rings is 1. The van der Waals surface area contributed by atoms with Gasteiger partial charge in [0.05, 0.1) is 13.2 Å². The topological polar surface area (TPSA) is 73.3 Å². The lowest BCUT2D eigenvalue weighted by atomic mass is 10.3. The first-order valence-corrected chi connectivity index (χ1v) is 6.77. The third kappa shape index (κ3) is 3.75. The van der Waals surface area contributed by atoms with Gasteiger partial charge in [-0.3, -0.25) is 14.3 Å². The van der Waals surface area contributed by atoms with E-state index in [1.807, 2.05) is 31.2 Å². The summed E-state index contributed by atoms with van der Waals surface area (Å²) in [6, 6.07) is 7.36. The van der Waals surface area contributed by atoms with E-state index in [1.165, 1.54) is 10.8 Å². The van der Waals surface area contributed by atoms with E-state index in [-0.39, 0.29) is 5.56 Å². The summed E-state index contributed by atoms with van der Waals surface area (Å²) in [4.78, 5) is 25.2. The van der Waals surface area contributed by atoms with Gasteiger partial charge in [-0.25, -0.2) is 4.79 Å². The third-order valence-electron chi connectivity index (χ3n) is 2.93. The van der Waals surface area contributed by atoms with Crippen LogP contribution in [0.25, 0.3) is 0 Å². The number of para-hydroxylation sites is 2. The maximum absolute atomic E-state index is 11.6. The number of ether oxygens (including phenoxy) is 2. The zero-order valence-electron chi connectivity index (χ0n) is 12.1. The molecule has 0 amide bonds. The van der Waals surface area contributed by atoms with Crippen molar-refractivity contribution in [1.82, 2.24) is 9.55 Å². The van der Waals surface area contributed by atoms with Crippen LogP contribution in [0.5, 0.6) is 11.5 Å². The highest BCUT2D eigenvalue weighted by Gasteiger charge is 2.04. The highest BCUT2D eigenvalue weighted by atomic mass is 16.5. The molecule has 0 unspecified atom stereocenters. The first-order chi connectivity index (χ1) is 10.1. The van der Waals surface area contributed by atoms with Gasteiger partial charge in [-0.1, -0.05) is 12.1 Å². The van der Waals surface area contributed by atoms with Crippen LogP contribution in [0, 0.1) is 6.92 Å². The lowest BCUT2D eigenvalue weighted by molar-refractivity contribution is 0.264. The van der Waals surface area contributed by atoms with Crippen LogP contribution in [-0.2, 0) is 6.54 Å². The van der Waals surface area contributed by atoms with Crippen molar-refractivity contribution in [3.8, 4) is 11.5 Å². The molecule has 6 nitrogen and oxygen atoms in total. The fraction of sp³-hybridized carbons (Fsp3) is 0.333. The fourth-order valence-corrected chi connectivity index (χ4v) is 1.88. The first kappa shape index (κ1) is 14.9. The number of aromatic nitrogens is 2. The van der Waals surface area contributed by atoms with Gasteiger partial charge >= 0.3 is 5.69 Å². The smallest absolute Gasteiger partial charge is 0.328 e. The number of nitrogens with one attached hydrogen (secondary N) is 1. The van der Waals surface area contributed by atoms with Gasteiger partial charge in [0.25, 0.3) is 5.56 Å². The maximum atomic E-state index is 11.6. The Balaban J connectivity index is 2.04. The van der Waals surface area contributed by atoms with E-state index in [2.05, 4.69) is 4.98 Å². The summed E-state index contributed by atoms with van der Waals surface area (Å²) in [7, 11) is 0. The summed E-state index contributed by atoms with van der Waals surface area (Å²) >= 11 is 0. The Morgan fingerprint density at radius 2 is 1.81 bits per heavy atom. The molecule has 0 saturated carbocycles. The molecular formula is C15H18N2O4. The van der Waals surface area contributed by atoms with Gasteiger partial charge < -0.3 is 9.47 Å².